The minimum absolute atomic E-state index is 0.298. The van der Waals surface area contributed by atoms with Crippen molar-refractivity contribution in [2.75, 3.05) is 18.2 Å². The lowest BCUT2D eigenvalue weighted by atomic mass is 10.2. The number of benzene rings is 2. The van der Waals surface area contributed by atoms with Crippen molar-refractivity contribution < 1.29 is 14.3 Å². The molecule has 0 radical (unpaired) electrons. The highest BCUT2D eigenvalue weighted by Gasteiger charge is 2.17. The minimum atomic E-state index is -0.701. The molecule has 0 saturated carbocycles. The highest BCUT2D eigenvalue weighted by Crippen LogP contribution is 2.27. The Labute approximate surface area is 134 Å². The van der Waals surface area contributed by atoms with Gasteiger partial charge in [-0.3, -0.25) is 4.79 Å². The summed E-state index contributed by atoms with van der Waals surface area (Å²) in [5.41, 5.74) is 6.66. The molecule has 5 nitrogen and oxygen atoms in total. The summed E-state index contributed by atoms with van der Waals surface area (Å²) in [5, 5.41) is 3.17. The van der Waals surface area contributed by atoms with Crippen LogP contribution < -0.4 is 20.5 Å². The van der Waals surface area contributed by atoms with Crippen LogP contribution in [0.3, 0.4) is 0 Å². The summed E-state index contributed by atoms with van der Waals surface area (Å²) in [5.74, 6) is 0.772. The third-order valence-corrected chi connectivity index (χ3v) is 3.35. The summed E-state index contributed by atoms with van der Waals surface area (Å²) >= 11 is 5.84. The number of halogens is 1. The van der Waals surface area contributed by atoms with Crippen molar-refractivity contribution in [3.05, 3.63) is 47.5 Å². The lowest BCUT2D eigenvalue weighted by Gasteiger charge is -2.16. The number of nitrogens with one attached hydrogen (secondary N) is 1. The van der Waals surface area contributed by atoms with Crippen LogP contribution in [0, 0.1) is 0 Å². The van der Waals surface area contributed by atoms with Gasteiger partial charge in [-0.25, -0.2) is 0 Å². The molecule has 0 fully saturated rings. The molecule has 2 aromatic rings. The summed E-state index contributed by atoms with van der Waals surface area (Å²) in [6.07, 6.45) is -0.701. The Hall–Kier alpha value is -2.40. The third kappa shape index (κ3) is 3.83. The molecule has 0 bridgehead atoms. The number of rotatable bonds is 5. The van der Waals surface area contributed by atoms with Crippen molar-refractivity contribution in [1.82, 2.24) is 0 Å². The average molecular weight is 321 g/mol. The van der Waals surface area contributed by atoms with E-state index in [1.165, 1.54) is 0 Å². The van der Waals surface area contributed by atoms with Gasteiger partial charge in [-0.1, -0.05) is 23.7 Å². The minimum Gasteiger partial charge on any atom is -0.493 e. The third-order valence-electron chi connectivity index (χ3n) is 3.01. The molecule has 0 aliphatic rings. The number of amides is 1. The molecule has 0 saturated heterocycles. The largest absolute Gasteiger partial charge is 0.493 e. The number of hydrogen-bond donors (Lipinski definition) is 2. The molecular formula is C16H17ClN2O3. The first-order valence-electron chi connectivity index (χ1n) is 6.67. The zero-order valence-electron chi connectivity index (χ0n) is 12.3. The number of carbonyl (C=O) groups excluding carboxylic acids is 1. The van der Waals surface area contributed by atoms with Gasteiger partial charge in [0.25, 0.3) is 5.91 Å². The molecule has 0 heterocycles. The molecule has 2 rings (SSSR count). The van der Waals surface area contributed by atoms with Gasteiger partial charge in [0.15, 0.2) is 17.6 Å². The van der Waals surface area contributed by atoms with Crippen molar-refractivity contribution >= 4 is 28.9 Å². The molecule has 0 spiro atoms. The Bertz CT molecular complexity index is 676. The number of methoxy groups -OCH3 is 1. The standard InChI is InChI=1S/C16H17ClN2O3/c1-10(22-15-6-4-3-5-14(15)21-2)16(20)19-11-7-8-12(17)13(18)9-11/h3-10H,18H2,1-2H3,(H,19,20)/t10-/m0/s1. The van der Waals surface area contributed by atoms with Crippen LogP contribution in [0.4, 0.5) is 11.4 Å². The normalized spacial score (nSPS) is 11.6. The number of anilines is 2. The monoisotopic (exact) mass is 320 g/mol. The zero-order chi connectivity index (χ0) is 16.1. The molecule has 0 unspecified atom stereocenters. The molecule has 2 aromatic carbocycles. The van der Waals surface area contributed by atoms with Gasteiger partial charge >= 0.3 is 0 Å². The van der Waals surface area contributed by atoms with E-state index < -0.39 is 6.10 Å². The Balaban J connectivity index is 2.04. The first-order valence-corrected chi connectivity index (χ1v) is 7.04. The van der Waals surface area contributed by atoms with E-state index in [2.05, 4.69) is 5.32 Å². The molecule has 0 aliphatic heterocycles. The second-order valence-electron chi connectivity index (χ2n) is 4.64. The fourth-order valence-electron chi connectivity index (χ4n) is 1.83. The van der Waals surface area contributed by atoms with Crippen molar-refractivity contribution in [2.45, 2.75) is 13.0 Å². The van der Waals surface area contributed by atoms with Crippen LogP contribution in [-0.4, -0.2) is 19.1 Å². The molecule has 116 valence electrons. The second-order valence-corrected chi connectivity index (χ2v) is 5.04. The van der Waals surface area contributed by atoms with Gasteiger partial charge in [0.2, 0.25) is 0 Å². The van der Waals surface area contributed by atoms with Crippen LogP contribution in [0.1, 0.15) is 6.92 Å². The first kappa shape index (κ1) is 16.0. The second kappa shape index (κ2) is 7.04. The SMILES string of the molecule is COc1ccccc1O[C@@H](C)C(=O)Nc1ccc(Cl)c(N)c1. The van der Waals surface area contributed by atoms with Gasteiger partial charge in [-0.05, 0) is 37.3 Å². The maximum Gasteiger partial charge on any atom is 0.265 e. The smallest absolute Gasteiger partial charge is 0.265 e. The van der Waals surface area contributed by atoms with E-state index >= 15 is 0 Å². The molecular weight excluding hydrogens is 304 g/mol. The van der Waals surface area contributed by atoms with Crippen LogP contribution in [0.25, 0.3) is 0 Å². The van der Waals surface area contributed by atoms with E-state index in [9.17, 15) is 4.79 Å². The van der Waals surface area contributed by atoms with Gasteiger partial charge in [-0.2, -0.15) is 0 Å². The Morgan fingerprint density at radius 2 is 1.91 bits per heavy atom. The topological polar surface area (TPSA) is 73.6 Å². The van der Waals surface area contributed by atoms with E-state index in [4.69, 9.17) is 26.8 Å². The van der Waals surface area contributed by atoms with E-state index in [0.717, 1.165) is 0 Å². The fraction of sp³-hybridized carbons (Fsp3) is 0.188. The zero-order valence-corrected chi connectivity index (χ0v) is 13.1. The number of para-hydroxylation sites is 2. The quantitative estimate of drug-likeness (QED) is 0.829. The molecule has 0 aliphatic carbocycles. The number of hydrogen-bond acceptors (Lipinski definition) is 4. The van der Waals surface area contributed by atoms with Crippen LogP contribution >= 0.6 is 11.6 Å². The van der Waals surface area contributed by atoms with E-state index in [0.29, 0.717) is 27.9 Å². The Kier molecular flexibility index (Phi) is 5.12. The van der Waals surface area contributed by atoms with Crippen LogP contribution in [-0.2, 0) is 4.79 Å². The summed E-state index contributed by atoms with van der Waals surface area (Å²) < 4.78 is 10.8. The average Bonchev–Trinajstić information content (AvgIpc) is 2.51. The fourth-order valence-corrected chi connectivity index (χ4v) is 1.94. The number of nitrogens with two attached hydrogens (primary N) is 1. The Morgan fingerprint density at radius 3 is 2.55 bits per heavy atom. The lowest BCUT2D eigenvalue weighted by molar-refractivity contribution is -0.122. The molecule has 1 atom stereocenters. The predicted octanol–water partition coefficient (Wildman–Crippen LogP) is 3.34. The van der Waals surface area contributed by atoms with Crippen molar-refractivity contribution in [2.24, 2.45) is 0 Å². The van der Waals surface area contributed by atoms with E-state index in [1.807, 2.05) is 12.1 Å². The van der Waals surface area contributed by atoms with Gasteiger partial charge in [0.1, 0.15) is 0 Å². The predicted molar refractivity (Wildman–Crippen MR) is 87.6 cm³/mol. The number of ether oxygens (including phenoxy) is 2. The van der Waals surface area contributed by atoms with Crippen LogP contribution in [0.2, 0.25) is 5.02 Å². The van der Waals surface area contributed by atoms with Gasteiger partial charge in [-0.15, -0.1) is 0 Å². The molecule has 22 heavy (non-hydrogen) atoms. The highest BCUT2D eigenvalue weighted by atomic mass is 35.5. The van der Waals surface area contributed by atoms with Crippen molar-refractivity contribution in [3.8, 4) is 11.5 Å². The molecule has 3 N–H and O–H groups in total. The molecule has 0 aromatic heterocycles. The summed E-state index contributed by atoms with van der Waals surface area (Å²) in [7, 11) is 1.55. The molecule has 1 amide bonds. The lowest BCUT2D eigenvalue weighted by Crippen LogP contribution is -2.30. The van der Waals surface area contributed by atoms with E-state index in [-0.39, 0.29) is 5.91 Å². The number of carbonyl (C=O) groups is 1. The maximum absolute atomic E-state index is 12.2. The van der Waals surface area contributed by atoms with Gasteiger partial charge < -0.3 is 20.5 Å². The summed E-state index contributed by atoms with van der Waals surface area (Å²) in [6.45, 7) is 1.65. The summed E-state index contributed by atoms with van der Waals surface area (Å²) in [4.78, 5) is 12.2. The number of nitrogen functional groups attached to an aromatic ring is 1. The van der Waals surface area contributed by atoms with Gasteiger partial charge in [0.05, 0.1) is 17.8 Å². The maximum atomic E-state index is 12.2. The van der Waals surface area contributed by atoms with Crippen molar-refractivity contribution in [1.29, 1.82) is 0 Å². The van der Waals surface area contributed by atoms with Gasteiger partial charge in [0, 0.05) is 5.69 Å². The first-order chi connectivity index (χ1) is 10.5. The molecule has 6 heteroatoms. The summed E-state index contributed by atoms with van der Waals surface area (Å²) in [6, 6.07) is 12.0. The van der Waals surface area contributed by atoms with Crippen molar-refractivity contribution in [3.63, 3.8) is 0 Å². The Morgan fingerprint density at radius 1 is 1.23 bits per heavy atom. The van der Waals surface area contributed by atoms with Crippen LogP contribution in [0.5, 0.6) is 11.5 Å². The van der Waals surface area contributed by atoms with Crippen LogP contribution in [0.15, 0.2) is 42.5 Å². The highest BCUT2D eigenvalue weighted by molar-refractivity contribution is 6.33. The van der Waals surface area contributed by atoms with E-state index in [1.54, 1.807) is 44.4 Å².